The summed E-state index contributed by atoms with van der Waals surface area (Å²) >= 11 is 1.63. The lowest BCUT2D eigenvalue weighted by molar-refractivity contribution is 0.0378. The van der Waals surface area contributed by atoms with Gasteiger partial charge in [0.15, 0.2) is 0 Å². The Morgan fingerprint density at radius 1 is 1.29 bits per heavy atom. The Morgan fingerprint density at radius 3 is 2.71 bits per heavy atom. The number of carbonyl (C=O) groups is 1. The third-order valence-electron chi connectivity index (χ3n) is 6.59. The molecule has 0 unspecified atom stereocenters. The predicted octanol–water partition coefficient (Wildman–Crippen LogP) is 7.66. The highest BCUT2D eigenvalue weighted by molar-refractivity contribution is 7.16. The Balaban J connectivity index is 1.54. The monoisotopic (exact) mass is 488 g/mol. The molecular formula is C29H32N2O3S. The van der Waals surface area contributed by atoms with Crippen molar-refractivity contribution in [2.75, 3.05) is 0 Å². The lowest BCUT2D eigenvalue weighted by atomic mass is 9.72. The normalized spacial score (nSPS) is 15.9. The van der Waals surface area contributed by atoms with Crippen LogP contribution in [0.15, 0.2) is 39.7 Å². The molecule has 0 bridgehead atoms. The Kier molecular flexibility index (Phi) is 7.00. The fraction of sp³-hybridized carbons (Fsp3) is 0.414. The highest BCUT2D eigenvalue weighted by Gasteiger charge is 2.32. The van der Waals surface area contributed by atoms with E-state index in [1.54, 1.807) is 23.6 Å². The van der Waals surface area contributed by atoms with Crippen molar-refractivity contribution in [3.05, 3.63) is 63.2 Å². The van der Waals surface area contributed by atoms with Crippen molar-refractivity contribution in [3.63, 3.8) is 0 Å². The number of aryl methyl sites for hydroxylation is 1. The summed E-state index contributed by atoms with van der Waals surface area (Å²) < 4.78 is 11.3. The van der Waals surface area contributed by atoms with Gasteiger partial charge in [-0.15, -0.1) is 11.3 Å². The molecule has 182 valence electrons. The minimum absolute atomic E-state index is 0.162. The molecule has 5 nitrogen and oxygen atoms in total. The van der Waals surface area contributed by atoms with Crippen LogP contribution in [0.3, 0.4) is 0 Å². The second-order valence-electron chi connectivity index (χ2n) is 10.5. The zero-order valence-corrected chi connectivity index (χ0v) is 22.1. The first kappa shape index (κ1) is 24.9. The summed E-state index contributed by atoms with van der Waals surface area (Å²) in [7, 11) is 0. The summed E-state index contributed by atoms with van der Waals surface area (Å²) in [4.78, 5) is 18.1. The van der Waals surface area contributed by atoms with E-state index in [9.17, 15) is 10.1 Å². The number of ether oxygens (including phenoxy) is 1. The molecule has 0 amide bonds. The molecule has 1 aromatic carbocycles. The third kappa shape index (κ3) is 5.41. The highest BCUT2D eigenvalue weighted by Crippen LogP contribution is 2.45. The third-order valence-corrected chi connectivity index (χ3v) is 7.75. The van der Waals surface area contributed by atoms with E-state index < -0.39 is 0 Å². The average Bonchev–Trinajstić information content (AvgIpc) is 3.40. The molecular weight excluding hydrogens is 456 g/mol. The molecule has 3 aromatic rings. The van der Waals surface area contributed by atoms with E-state index in [2.05, 4.69) is 31.8 Å². The largest absolute Gasteiger partial charge is 0.459 e. The molecule has 1 atom stereocenters. The van der Waals surface area contributed by atoms with Crippen LogP contribution in [0.4, 0.5) is 5.00 Å². The standard InChI is InChI=1S/C29H32N2O3S/c1-17(2)33-28(32)19-7-10-22(18(3)13-19)25-12-9-21(34-25)16-31-27-24(15-30)23-11-8-20(29(4,5)6)14-26(23)35-27/h7,9-10,12-13,16-17,20H,8,11,14H2,1-6H3/t20-/m1/s1. The maximum absolute atomic E-state index is 12.2. The van der Waals surface area contributed by atoms with Gasteiger partial charge >= 0.3 is 5.97 Å². The molecule has 2 heterocycles. The van der Waals surface area contributed by atoms with Crippen LogP contribution in [0.1, 0.15) is 78.7 Å². The van der Waals surface area contributed by atoms with E-state index >= 15 is 0 Å². The Labute approximate surface area is 211 Å². The molecule has 0 saturated heterocycles. The topological polar surface area (TPSA) is 75.6 Å². The molecule has 0 aliphatic heterocycles. The van der Waals surface area contributed by atoms with Gasteiger partial charge in [0, 0.05) is 10.4 Å². The molecule has 0 saturated carbocycles. The number of furan rings is 1. The number of benzene rings is 1. The molecule has 4 rings (SSSR count). The molecule has 0 radical (unpaired) electrons. The number of nitriles is 1. The molecule has 0 N–H and O–H groups in total. The number of fused-ring (bicyclic) bond motifs is 1. The number of carbonyl (C=O) groups excluding carboxylic acids is 1. The van der Waals surface area contributed by atoms with Crippen LogP contribution in [-0.4, -0.2) is 18.3 Å². The second-order valence-corrected chi connectivity index (χ2v) is 11.6. The van der Waals surface area contributed by atoms with Gasteiger partial charge in [-0.2, -0.15) is 5.26 Å². The van der Waals surface area contributed by atoms with Gasteiger partial charge in [0.1, 0.15) is 22.6 Å². The first-order chi connectivity index (χ1) is 16.6. The van der Waals surface area contributed by atoms with Crippen molar-refractivity contribution < 1.29 is 13.9 Å². The van der Waals surface area contributed by atoms with Crippen LogP contribution in [0.25, 0.3) is 11.3 Å². The minimum Gasteiger partial charge on any atom is -0.459 e. The van der Waals surface area contributed by atoms with Gasteiger partial charge in [0.25, 0.3) is 0 Å². The maximum atomic E-state index is 12.2. The van der Waals surface area contributed by atoms with Crippen molar-refractivity contribution in [2.45, 2.75) is 66.9 Å². The van der Waals surface area contributed by atoms with Crippen molar-refractivity contribution in [3.8, 4) is 17.4 Å². The van der Waals surface area contributed by atoms with E-state index in [1.807, 2.05) is 45.0 Å². The Bertz CT molecular complexity index is 1310. The van der Waals surface area contributed by atoms with E-state index in [0.717, 1.165) is 35.4 Å². The first-order valence-electron chi connectivity index (χ1n) is 12.1. The van der Waals surface area contributed by atoms with Crippen LogP contribution in [0.5, 0.6) is 0 Å². The molecule has 2 aromatic heterocycles. The number of hydrogen-bond donors (Lipinski definition) is 0. The number of rotatable bonds is 5. The molecule has 0 spiro atoms. The van der Waals surface area contributed by atoms with Crippen LogP contribution in [0, 0.1) is 29.6 Å². The summed E-state index contributed by atoms with van der Waals surface area (Å²) in [5.41, 5.74) is 4.49. The molecule has 1 aliphatic rings. The van der Waals surface area contributed by atoms with Crippen molar-refractivity contribution >= 4 is 28.5 Å². The summed E-state index contributed by atoms with van der Waals surface area (Å²) in [6.45, 7) is 12.5. The lowest BCUT2D eigenvalue weighted by Gasteiger charge is -2.33. The van der Waals surface area contributed by atoms with Crippen LogP contribution in [-0.2, 0) is 17.6 Å². The van der Waals surface area contributed by atoms with Gasteiger partial charge in [-0.3, -0.25) is 0 Å². The number of thiophene rings is 1. The van der Waals surface area contributed by atoms with Gasteiger partial charge < -0.3 is 9.15 Å². The zero-order valence-electron chi connectivity index (χ0n) is 21.3. The molecule has 0 fully saturated rings. The van der Waals surface area contributed by atoms with Crippen LogP contribution >= 0.6 is 11.3 Å². The average molecular weight is 489 g/mol. The number of aliphatic imine (C=N–C) groups is 1. The zero-order chi connectivity index (χ0) is 25.3. The van der Waals surface area contributed by atoms with E-state index in [-0.39, 0.29) is 17.5 Å². The number of esters is 1. The maximum Gasteiger partial charge on any atom is 0.338 e. The quantitative estimate of drug-likeness (QED) is 0.273. The van der Waals surface area contributed by atoms with Gasteiger partial charge in [-0.05, 0) is 86.8 Å². The molecule has 6 heteroatoms. The molecule has 1 aliphatic carbocycles. The predicted molar refractivity (Wildman–Crippen MR) is 141 cm³/mol. The molecule has 35 heavy (non-hydrogen) atoms. The summed E-state index contributed by atoms with van der Waals surface area (Å²) in [5.74, 6) is 1.60. The smallest absolute Gasteiger partial charge is 0.338 e. The van der Waals surface area contributed by atoms with Crippen LogP contribution in [0.2, 0.25) is 0 Å². The number of nitrogens with zero attached hydrogens (tertiary/aromatic N) is 2. The van der Waals surface area contributed by atoms with E-state index in [4.69, 9.17) is 9.15 Å². The highest BCUT2D eigenvalue weighted by atomic mass is 32.1. The first-order valence-corrected chi connectivity index (χ1v) is 12.9. The van der Waals surface area contributed by atoms with Gasteiger partial charge in [0.05, 0.1) is 23.4 Å². The van der Waals surface area contributed by atoms with Crippen LogP contribution < -0.4 is 0 Å². The summed E-state index contributed by atoms with van der Waals surface area (Å²) in [5, 5.41) is 10.6. The van der Waals surface area contributed by atoms with Crippen molar-refractivity contribution in [2.24, 2.45) is 16.3 Å². The van der Waals surface area contributed by atoms with E-state index in [1.165, 1.54) is 10.4 Å². The number of hydrogen-bond acceptors (Lipinski definition) is 6. The summed E-state index contributed by atoms with van der Waals surface area (Å²) in [6.07, 6.45) is 4.59. The Morgan fingerprint density at radius 2 is 2.06 bits per heavy atom. The fourth-order valence-corrected chi connectivity index (χ4v) is 5.78. The van der Waals surface area contributed by atoms with Crippen molar-refractivity contribution in [1.29, 1.82) is 5.26 Å². The second kappa shape index (κ2) is 9.83. The summed E-state index contributed by atoms with van der Waals surface area (Å²) in [6, 6.07) is 11.6. The van der Waals surface area contributed by atoms with E-state index in [0.29, 0.717) is 28.6 Å². The minimum atomic E-state index is -0.331. The SMILES string of the molecule is Cc1cc(C(=O)OC(C)C)ccc1-c1ccc(C=Nc2sc3c(c2C#N)CC[C@@H](C(C)(C)C)C3)o1. The fourth-order valence-electron chi connectivity index (χ4n) is 4.56. The van der Waals surface area contributed by atoms with Crippen molar-refractivity contribution in [1.82, 2.24) is 0 Å². The Hall–Kier alpha value is -3.17. The van der Waals surface area contributed by atoms with Gasteiger partial charge in [-0.1, -0.05) is 26.8 Å². The lowest BCUT2D eigenvalue weighted by Crippen LogP contribution is -2.26. The van der Waals surface area contributed by atoms with Gasteiger partial charge in [-0.25, -0.2) is 9.79 Å². The van der Waals surface area contributed by atoms with Gasteiger partial charge in [0.2, 0.25) is 0 Å².